The monoisotopic (exact) mass is 410 g/mol. The third kappa shape index (κ3) is 5.29. The molecule has 1 N–H and O–H groups in total. The molecule has 1 amide bonds. The number of carbonyl (C=O) groups excluding carboxylic acids is 1. The Hall–Kier alpha value is -1.93. The molecule has 27 heavy (non-hydrogen) atoms. The minimum absolute atomic E-state index is 0.00993. The number of anilines is 1. The summed E-state index contributed by atoms with van der Waals surface area (Å²) in [7, 11) is -1.49. The lowest BCUT2D eigenvalue weighted by Crippen LogP contribution is -2.26. The van der Waals surface area contributed by atoms with Crippen LogP contribution < -0.4 is 5.32 Å². The van der Waals surface area contributed by atoms with Crippen LogP contribution in [-0.2, 0) is 21.3 Å². The standard InChI is InChI=1S/C19H23ClN2O4S/c1-4-5-6-14-7-10-16(11-8-14)21-19(23)15-9-12-17(20)18(13-15)27(24,25)22(2)26-3/h7-13H,4-6H2,1-3H3,(H,21,23). The van der Waals surface area contributed by atoms with Crippen LogP contribution in [0.5, 0.6) is 0 Å². The maximum absolute atomic E-state index is 12.5. The zero-order valence-corrected chi connectivity index (χ0v) is 17.1. The zero-order chi connectivity index (χ0) is 20.0. The number of rotatable bonds is 8. The van der Waals surface area contributed by atoms with E-state index in [9.17, 15) is 13.2 Å². The largest absolute Gasteiger partial charge is 0.322 e. The molecule has 2 rings (SSSR count). The average Bonchev–Trinajstić information content (AvgIpc) is 2.66. The molecule has 0 spiro atoms. The van der Waals surface area contributed by atoms with E-state index in [0.29, 0.717) is 10.2 Å². The quantitative estimate of drug-likeness (QED) is 0.664. The van der Waals surface area contributed by atoms with Gasteiger partial charge in [0.2, 0.25) is 0 Å². The van der Waals surface area contributed by atoms with Crippen molar-refractivity contribution in [1.29, 1.82) is 0 Å². The lowest BCUT2D eigenvalue weighted by atomic mass is 10.1. The van der Waals surface area contributed by atoms with Crippen LogP contribution in [0.3, 0.4) is 0 Å². The number of unbranched alkanes of at least 4 members (excludes halogenated alkanes) is 1. The van der Waals surface area contributed by atoms with E-state index < -0.39 is 15.9 Å². The first-order valence-electron chi connectivity index (χ1n) is 8.52. The van der Waals surface area contributed by atoms with E-state index in [0.717, 1.165) is 19.3 Å². The van der Waals surface area contributed by atoms with Crippen molar-refractivity contribution in [3.8, 4) is 0 Å². The number of nitrogens with zero attached hydrogens (tertiary/aromatic N) is 1. The lowest BCUT2D eigenvalue weighted by molar-refractivity contribution is -0.0258. The SMILES string of the molecule is CCCCc1ccc(NC(=O)c2ccc(Cl)c(S(=O)(=O)N(C)OC)c2)cc1. The van der Waals surface area contributed by atoms with Gasteiger partial charge in [0, 0.05) is 18.3 Å². The van der Waals surface area contributed by atoms with Gasteiger partial charge in [-0.1, -0.05) is 41.5 Å². The van der Waals surface area contributed by atoms with Crippen LogP contribution in [0.2, 0.25) is 5.02 Å². The number of sulfonamides is 1. The van der Waals surface area contributed by atoms with E-state index in [-0.39, 0.29) is 15.5 Å². The van der Waals surface area contributed by atoms with E-state index in [1.807, 2.05) is 24.3 Å². The topological polar surface area (TPSA) is 75.7 Å². The third-order valence-electron chi connectivity index (χ3n) is 4.10. The van der Waals surface area contributed by atoms with Crippen LogP contribution >= 0.6 is 11.6 Å². The van der Waals surface area contributed by atoms with Gasteiger partial charge in [-0.15, -0.1) is 0 Å². The van der Waals surface area contributed by atoms with Crippen LogP contribution in [0.4, 0.5) is 5.69 Å². The van der Waals surface area contributed by atoms with Gasteiger partial charge in [0.15, 0.2) is 0 Å². The van der Waals surface area contributed by atoms with Gasteiger partial charge in [-0.25, -0.2) is 8.42 Å². The molecule has 0 aromatic heterocycles. The van der Waals surface area contributed by atoms with E-state index in [1.165, 1.54) is 37.9 Å². The van der Waals surface area contributed by atoms with Crippen molar-refractivity contribution < 1.29 is 18.0 Å². The molecule has 0 unspecified atom stereocenters. The molecule has 6 nitrogen and oxygen atoms in total. The predicted molar refractivity (Wildman–Crippen MR) is 106 cm³/mol. The number of amides is 1. The number of hydrogen-bond donors (Lipinski definition) is 1. The predicted octanol–water partition coefficient (Wildman–Crippen LogP) is 4.12. The molecular weight excluding hydrogens is 388 g/mol. The first kappa shape index (κ1) is 21.4. The first-order valence-corrected chi connectivity index (χ1v) is 10.3. The molecule has 0 aliphatic heterocycles. The summed E-state index contributed by atoms with van der Waals surface area (Å²) in [6, 6.07) is 11.7. The normalized spacial score (nSPS) is 11.6. The number of hydroxylamine groups is 1. The lowest BCUT2D eigenvalue weighted by Gasteiger charge is -2.16. The molecule has 8 heteroatoms. The van der Waals surface area contributed by atoms with Gasteiger partial charge >= 0.3 is 0 Å². The fourth-order valence-corrected chi connectivity index (χ4v) is 3.89. The number of hydrogen-bond acceptors (Lipinski definition) is 4. The van der Waals surface area contributed by atoms with Crippen molar-refractivity contribution in [2.75, 3.05) is 19.5 Å². The van der Waals surface area contributed by atoms with E-state index in [1.54, 1.807) is 0 Å². The summed E-state index contributed by atoms with van der Waals surface area (Å²) in [6.07, 6.45) is 3.23. The van der Waals surface area contributed by atoms with Crippen molar-refractivity contribution in [2.45, 2.75) is 31.1 Å². The smallest absolute Gasteiger partial charge is 0.266 e. The molecule has 0 saturated carbocycles. The summed E-state index contributed by atoms with van der Waals surface area (Å²) < 4.78 is 25.5. The van der Waals surface area contributed by atoms with Gasteiger partial charge in [0.25, 0.3) is 15.9 Å². The van der Waals surface area contributed by atoms with Gasteiger partial charge in [-0.05, 0) is 48.7 Å². The molecule has 0 saturated heterocycles. The highest BCUT2D eigenvalue weighted by Gasteiger charge is 2.25. The van der Waals surface area contributed by atoms with Gasteiger partial charge in [0.05, 0.1) is 12.1 Å². The third-order valence-corrected chi connectivity index (χ3v) is 6.26. The second-order valence-electron chi connectivity index (χ2n) is 6.00. The first-order chi connectivity index (χ1) is 12.8. The molecular formula is C19H23ClN2O4S. The second kappa shape index (κ2) is 9.32. The molecule has 0 fully saturated rings. The highest BCUT2D eigenvalue weighted by molar-refractivity contribution is 7.89. The summed E-state index contributed by atoms with van der Waals surface area (Å²) in [5.41, 5.74) is 2.02. The molecule has 146 valence electrons. The van der Waals surface area contributed by atoms with E-state index in [4.69, 9.17) is 16.4 Å². The van der Waals surface area contributed by atoms with Crippen LogP contribution in [0.25, 0.3) is 0 Å². The highest BCUT2D eigenvalue weighted by atomic mass is 35.5. The summed E-state index contributed by atoms with van der Waals surface area (Å²) in [6.45, 7) is 2.14. The van der Waals surface area contributed by atoms with Gasteiger partial charge in [-0.2, -0.15) is 0 Å². The van der Waals surface area contributed by atoms with Gasteiger partial charge < -0.3 is 5.32 Å². The van der Waals surface area contributed by atoms with Crippen molar-refractivity contribution in [2.24, 2.45) is 0 Å². The number of benzene rings is 2. The molecule has 2 aromatic rings. The molecule has 0 bridgehead atoms. The van der Waals surface area contributed by atoms with Crippen LogP contribution in [-0.4, -0.2) is 33.0 Å². The van der Waals surface area contributed by atoms with Crippen LogP contribution in [0, 0.1) is 0 Å². The van der Waals surface area contributed by atoms with Crippen LogP contribution in [0.1, 0.15) is 35.7 Å². The summed E-state index contributed by atoms with van der Waals surface area (Å²) in [5, 5.41) is 2.77. The average molecular weight is 411 g/mol. The fourth-order valence-electron chi connectivity index (χ4n) is 2.42. The molecule has 0 aliphatic carbocycles. The molecule has 2 aromatic carbocycles. The van der Waals surface area contributed by atoms with Gasteiger partial charge in [-0.3, -0.25) is 9.63 Å². The molecule has 0 aliphatic rings. The van der Waals surface area contributed by atoms with Gasteiger partial charge in [0.1, 0.15) is 4.90 Å². The number of halogens is 1. The second-order valence-corrected chi connectivity index (χ2v) is 8.31. The Morgan fingerprint density at radius 1 is 1.19 bits per heavy atom. The molecule has 0 heterocycles. The van der Waals surface area contributed by atoms with Crippen molar-refractivity contribution in [3.05, 3.63) is 58.6 Å². The van der Waals surface area contributed by atoms with E-state index in [2.05, 4.69) is 12.2 Å². The number of carbonyl (C=O) groups is 1. The Bertz CT molecular complexity index is 898. The number of aryl methyl sites for hydroxylation is 1. The maximum atomic E-state index is 12.5. The Morgan fingerprint density at radius 3 is 2.44 bits per heavy atom. The Morgan fingerprint density at radius 2 is 1.85 bits per heavy atom. The zero-order valence-electron chi connectivity index (χ0n) is 15.5. The highest BCUT2D eigenvalue weighted by Crippen LogP contribution is 2.26. The van der Waals surface area contributed by atoms with Crippen LogP contribution in [0.15, 0.2) is 47.4 Å². The summed E-state index contributed by atoms with van der Waals surface area (Å²) in [5.74, 6) is -0.426. The van der Waals surface area contributed by atoms with E-state index >= 15 is 0 Å². The summed E-state index contributed by atoms with van der Waals surface area (Å²) in [4.78, 5) is 17.1. The van der Waals surface area contributed by atoms with Crippen molar-refractivity contribution >= 4 is 33.2 Å². The number of nitrogens with one attached hydrogen (secondary N) is 1. The Balaban J connectivity index is 2.21. The molecule has 0 atom stereocenters. The van der Waals surface area contributed by atoms with Crippen molar-refractivity contribution in [1.82, 2.24) is 4.47 Å². The fraction of sp³-hybridized carbons (Fsp3) is 0.316. The maximum Gasteiger partial charge on any atom is 0.266 e. The minimum atomic E-state index is -3.96. The Kier molecular flexibility index (Phi) is 7.38. The Labute approximate surface area is 165 Å². The van der Waals surface area contributed by atoms with Crippen molar-refractivity contribution in [3.63, 3.8) is 0 Å². The molecule has 0 radical (unpaired) electrons. The summed E-state index contributed by atoms with van der Waals surface area (Å²) >= 11 is 6.01. The minimum Gasteiger partial charge on any atom is -0.322 e.